The van der Waals surface area contributed by atoms with Crippen molar-refractivity contribution in [2.24, 2.45) is 5.92 Å². The maximum atomic E-state index is 12.8. The van der Waals surface area contributed by atoms with Gasteiger partial charge in [-0.05, 0) is 58.4 Å². The van der Waals surface area contributed by atoms with Crippen LogP contribution in [-0.2, 0) is 52.6 Å². The SMILES string of the molecule is CC(=O)O[C@@H](C)/C=C\C(=O)N[C@@H]1C[C@H](C)[C@H](C/C=C(C)/C=C/[C@@H]2C[C@]3(CO3)C[C@@H](CC(=O)CCCCCCC(=O)ON3C(=O)CCC3=O)O2)O[C@@H]1C. The van der Waals surface area contributed by atoms with E-state index in [0.717, 1.165) is 37.7 Å². The van der Waals surface area contributed by atoms with Crippen LogP contribution in [-0.4, -0.2) is 89.3 Å². The Morgan fingerprint density at radius 2 is 1.67 bits per heavy atom. The molecule has 0 radical (unpaired) electrons. The first kappa shape index (κ1) is 41.1. The second-order valence-electron chi connectivity index (χ2n) is 14.8. The Bertz CT molecular complexity index is 1380. The van der Waals surface area contributed by atoms with Crippen LogP contribution in [0.5, 0.6) is 0 Å². The molecule has 8 atom stereocenters. The van der Waals surface area contributed by atoms with Crippen molar-refractivity contribution in [3.63, 3.8) is 0 Å². The number of carbonyl (C=O) groups is 6. The lowest BCUT2D eigenvalue weighted by Crippen LogP contribution is -2.50. The number of unbranched alkanes of at least 4 members (excludes halogenated alkanes) is 3. The molecule has 0 aromatic heterocycles. The molecule has 4 aliphatic heterocycles. The van der Waals surface area contributed by atoms with Crippen LogP contribution in [0, 0.1) is 5.92 Å². The van der Waals surface area contributed by atoms with Crippen molar-refractivity contribution in [3.8, 4) is 0 Å². The molecule has 0 bridgehead atoms. The molecule has 4 saturated heterocycles. The number of carbonyl (C=O) groups excluding carboxylic acids is 6. The molecule has 13 heteroatoms. The molecule has 52 heavy (non-hydrogen) atoms. The van der Waals surface area contributed by atoms with Gasteiger partial charge in [-0.15, -0.1) is 5.06 Å². The van der Waals surface area contributed by atoms with Gasteiger partial charge in [0.2, 0.25) is 5.91 Å². The van der Waals surface area contributed by atoms with Crippen molar-refractivity contribution >= 4 is 35.4 Å². The molecule has 3 amide bonds. The van der Waals surface area contributed by atoms with E-state index >= 15 is 0 Å². The molecule has 4 rings (SSSR count). The quantitative estimate of drug-likeness (QED) is 0.0509. The number of rotatable bonds is 18. The van der Waals surface area contributed by atoms with Crippen molar-refractivity contribution in [2.75, 3.05) is 6.61 Å². The van der Waals surface area contributed by atoms with Crippen LogP contribution in [0.4, 0.5) is 0 Å². The predicted octanol–water partition coefficient (Wildman–Crippen LogP) is 4.91. The van der Waals surface area contributed by atoms with Crippen LogP contribution < -0.4 is 5.32 Å². The molecule has 4 heterocycles. The Balaban J connectivity index is 1.13. The molecule has 0 aromatic carbocycles. The number of hydrogen-bond acceptors (Lipinski definition) is 11. The fourth-order valence-electron chi connectivity index (χ4n) is 6.98. The molecule has 4 aliphatic rings. The molecule has 13 nitrogen and oxygen atoms in total. The van der Waals surface area contributed by atoms with Crippen LogP contribution in [0.3, 0.4) is 0 Å². The van der Waals surface area contributed by atoms with E-state index in [-0.39, 0.29) is 72.9 Å². The van der Waals surface area contributed by atoms with E-state index in [1.807, 2.05) is 13.8 Å². The number of esters is 1. The van der Waals surface area contributed by atoms with Gasteiger partial charge in [0.15, 0.2) is 0 Å². The number of hydrogen-bond donors (Lipinski definition) is 1. The molecule has 0 saturated carbocycles. The molecule has 1 spiro atoms. The second-order valence-corrected chi connectivity index (χ2v) is 14.8. The molecule has 1 N–H and O–H groups in total. The van der Waals surface area contributed by atoms with E-state index in [1.54, 1.807) is 13.0 Å². The third kappa shape index (κ3) is 13.4. The maximum Gasteiger partial charge on any atom is 0.333 e. The highest BCUT2D eigenvalue weighted by atomic mass is 16.7. The number of ketones is 1. The highest BCUT2D eigenvalue weighted by molar-refractivity contribution is 6.01. The van der Waals surface area contributed by atoms with Gasteiger partial charge >= 0.3 is 11.9 Å². The van der Waals surface area contributed by atoms with Crippen molar-refractivity contribution in [1.29, 1.82) is 0 Å². The van der Waals surface area contributed by atoms with Crippen LogP contribution in [0.15, 0.2) is 36.0 Å². The van der Waals surface area contributed by atoms with Gasteiger partial charge in [-0.2, -0.15) is 0 Å². The summed E-state index contributed by atoms with van der Waals surface area (Å²) in [6.07, 6.45) is 15.1. The third-order valence-electron chi connectivity index (χ3n) is 9.99. The molecule has 0 aliphatic carbocycles. The van der Waals surface area contributed by atoms with Gasteiger partial charge in [0.05, 0.1) is 42.7 Å². The molecule has 288 valence electrons. The van der Waals surface area contributed by atoms with Crippen molar-refractivity contribution in [3.05, 3.63) is 36.0 Å². The van der Waals surface area contributed by atoms with E-state index < -0.39 is 29.9 Å². The van der Waals surface area contributed by atoms with Gasteiger partial charge in [-0.3, -0.25) is 24.0 Å². The second kappa shape index (κ2) is 19.4. The number of hydroxylamine groups is 2. The number of Topliss-reactive ketones (excluding diaryl/α,β-unsaturated/α-hetero) is 1. The first-order valence-electron chi connectivity index (χ1n) is 18.8. The number of ether oxygens (including phenoxy) is 4. The minimum atomic E-state index is -0.598. The molecular formula is C39H56N2O11. The minimum Gasteiger partial charge on any atom is -0.459 e. The lowest BCUT2D eigenvalue weighted by atomic mass is 9.88. The Morgan fingerprint density at radius 3 is 2.35 bits per heavy atom. The zero-order valence-corrected chi connectivity index (χ0v) is 31.3. The summed E-state index contributed by atoms with van der Waals surface area (Å²) in [5.74, 6) is -1.84. The minimum absolute atomic E-state index is 0.0191. The average Bonchev–Trinajstić information content (AvgIpc) is 3.74. The van der Waals surface area contributed by atoms with Gasteiger partial charge in [0, 0.05) is 57.9 Å². The summed E-state index contributed by atoms with van der Waals surface area (Å²) in [5, 5.41) is 3.58. The highest BCUT2D eigenvalue weighted by Gasteiger charge is 2.51. The Kier molecular flexibility index (Phi) is 15.3. The summed E-state index contributed by atoms with van der Waals surface area (Å²) >= 11 is 0. The van der Waals surface area contributed by atoms with E-state index in [0.29, 0.717) is 43.8 Å². The standard InChI is InChI=1S/C39H56N2O11/c1-25(13-16-34-26(2)20-33(28(4)50-34)40-35(44)17-14-27(3)49-29(5)42)12-15-31-22-39(24-48-39)23-32(51-31)21-30(43)10-8-6-7-9-11-38(47)52-41-36(45)18-19-37(41)46/h12-15,17,26-28,31-34H,6-11,16,18-24H2,1-5H3,(H,40,44)/b15-12+,17-14-,25-13+/t26-,27-,28+,31+,32+,33+,34-,39+/m0/s1. The van der Waals surface area contributed by atoms with E-state index in [9.17, 15) is 28.8 Å². The van der Waals surface area contributed by atoms with Gasteiger partial charge in [-0.25, -0.2) is 4.79 Å². The van der Waals surface area contributed by atoms with Crippen molar-refractivity contribution in [2.45, 2.75) is 160 Å². The van der Waals surface area contributed by atoms with Gasteiger partial charge in [0.25, 0.3) is 11.8 Å². The Labute approximate surface area is 306 Å². The predicted molar refractivity (Wildman–Crippen MR) is 189 cm³/mol. The van der Waals surface area contributed by atoms with Crippen molar-refractivity contribution in [1.82, 2.24) is 10.4 Å². The third-order valence-corrected chi connectivity index (χ3v) is 9.99. The zero-order valence-electron chi connectivity index (χ0n) is 31.3. The van der Waals surface area contributed by atoms with Crippen LogP contribution >= 0.6 is 0 Å². The summed E-state index contributed by atoms with van der Waals surface area (Å²) in [7, 11) is 0. The highest BCUT2D eigenvalue weighted by Crippen LogP contribution is 2.43. The Morgan fingerprint density at radius 1 is 0.981 bits per heavy atom. The number of allylic oxidation sites excluding steroid dienone is 2. The number of imide groups is 1. The monoisotopic (exact) mass is 728 g/mol. The van der Waals surface area contributed by atoms with E-state index in [2.05, 4.69) is 30.5 Å². The largest absolute Gasteiger partial charge is 0.459 e. The summed E-state index contributed by atoms with van der Waals surface area (Å²) in [4.78, 5) is 76.3. The van der Waals surface area contributed by atoms with Crippen LogP contribution in [0.25, 0.3) is 0 Å². The number of nitrogens with one attached hydrogen (secondary N) is 1. The van der Waals surface area contributed by atoms with Crippen LogP contribution in [0.1, 0.15) is 118 Å². The van der Waals surface area contributed by atoms with E-state index in [1.165, 1.54) is 13.0 Å². The summed E-state index contributed by atoms with van der Waals surface area (Å²) < 4.78 is 23.5. The topological polar surface area (TPSA) is 167 Å². The summed E-state index contributed by atoms with van der Waals surface area (Å²) in [5.41, 5.74) is 0.878. The lowest BCUT2D eigenvalue weighted by Gasteiger charge is -2.39. The first-order valence-corrected chi connectivity index (χ1v) is 18.8. The van der Waals surface area contributed by atoms with E-state index in [4.69, 9.17) is 23.8 Å². The maximum absolute atomic E-state index is 12.8. The number of nitrogens with zero attached hydrogens (tertiary/aromatic N) is 1. The smallest absolute Gasteiger partial charge is 0.333 e. The fraction of sp³-hybridized carbons (Fsp3) is 0.692. The van der Waals surface area contributed by atoms with Gasteiger partial charge < -0.3 is 29.1 Å². The fourth-order valence-corrected chi connectivity index (χ4v) is 6.98. The van der Waals surface area contributed by atoms with Crippen LogP contribution in [0.2, 0.25) is 0 Å². The molecular weight excluding hydrogens is 672 g/mol. The van der Waals surface area contributed by atoms with Gasteiger partial charge in [0.1, 0.15) is 11.9 Å². The number of epoxide rings is 1. The molecule has 0 aromatic rings. The zero-order chi connectivity index (χ0) is 37.8. The van der Waals surface area contributed by atoms with Gasteiger partial charge in [-0.1, -0.05) is 43.6 Å². The Hall–Kier alpha value is -3.68. The average molecular weight is 729 g/mol. The molecule has 0 unspecified atom stereocenters. The summed E-state index contributed by atoms with van der Waals surface area (Å²) in [6.45, 7) is 9.86. The van der Waals surface area contributed by atoms with Crippen molar-refractivity contribution < 1.29 is 52.6 Å². The first-order chi connectivity index (χ1) is 24.7. The molecule has 4 fully saturated rings. The lowest BCUT2D eigenvalue weighted by molar-refractivity contribution is -0.197. The normalized spacial score (nSPS) is 29.9. The number of amides is 3. The summed E-state index contributed by atoms with van der Waals surface area (Å²) in [6, 6.07) is -0.121.